The summed E-state index contributed by atoms with van der Waals surface area (Å²) in [6.45, 7) is 5.86. The molecule has 0 bridgehead atoms. The second-order valence-electron chi connectivity index (χ2n) is 5.56. The molecule has 1 fully saturated rings. The number of piperidine rings is 1. The maximum atomic E-state index is 13.9. The first-order valence-corrected chi connectivity index (χ1v) is 7.22. The van der Waals surface area contributed by atoms with Crippen LogP contribution in [-0.4, -0.2) is 23.9 Å². The van der Waals surface area contributed by atoms with Gasteiger partial charge in [0, 0.05) is 16.7 Å². The van der Waals surface area contributed by atoms with Gasteiger partial charge in [-0.15, -0.1) is 0 Å². The molecule has 0 aliphatic carbocycles. The largest absolute Gasteiger partial charge is 0.339 e. The van der Waals surface area contributed by atoms with E-state index >= 15 is 0 Å². The minimum absolute atomic E-state index is 0.179. The van der Waals surface area contributed by atoms with Gasteiger partial charge in [0.15, 0.2) is 0 Å². The highest BCUT2D eigenvalue weighted by Crippen LogP contribution is 2.30. The van der Waals surface area contributed by atoms with E-state index in [4.69, 9.17) is 0 Å². The summed E-state index contributed by atoms with van der Waals surface area (Å²) in [6.07, 6.45) is 1.95. The van der Waals surface area contributed by atoms with Crippen molar-refractivity contribution in [1.29, 1.82) is 0 Å². The molecule has 1 aliphatic rings. The van der Waals surface area contributed by atoms with Crippen LogP contribution >= 0.6 is 22.6 Å². The molecule has 0 radical (unpaired) electrons. The van der Waals surface area contributed by atoms with Crippen molar-refractivity contribution in [3.05, 3.63) is 33.1 Å². The summed E-state index contributed by atoms with van der Waals surface area (Å²) < 4.78 is 14.4. The van der Waals surface area contributed by atoms with Crippen molar-refractivity contribution in [2.75, 3.05) is 13.1 Å². The molecule has 18 heavy (non-hydrogen) atoms. The molecular weight excluding hydrogens is 344 g/mol. The van der Waals surface area contributed by atoms with Gasteiger partial charge in [0.1, 0.15) is 5.82 Å². The van der Waals surface area contributed by atoms with Crippen molar-refractivity contribution in [3.63, 3.8) is 0 Å². The molecule has 1 heterocycles. The Morgan fingerprint density at radius 1 is 1.33 bits per heavy atom. The zero-order chi connectivity index (χ0) is 13.3. The van der Waals surface area contributed by atoms with Crippen LogP contribution in [0.1, 0.15) is 37.0 Å². The zero-order valence-electron chi connectivity index (χ0n) is 10.7. The predicted octanol–water partition coefficient (Wildman–Crippen LogP) is 3.69. The van der Waals surface area contributed by atoms with Crippen LogP contribution in [0.3, 0.4) is 0 Å². The van der Waals surface area contributed by atoms with E-state index < -0.39 is 5.82 Å². The quantitative estimate of drug-likeness (QED) is 0.699. The lowest BCUT2D eigenvalue weighted by Gasteiger charge is -2.37. The zero-order valence-corrected chi connectivity index (χ0v) is 12.8. The lowest BCUT2D eigenvalue weighted by Crippen LogP contribution is -2.41. The molecule has 0 saturated carbocycles. The third-order valence-electron chi connectivity index (χ3n) is 3.59. The Labute approximate surface area is 121 Å². The number of likely N-dealkylation sites (tertiary alicyclic amines) is 1. The Balaban J connectivity index is 2.15. The number of halogens is 2. The molecule has 0 spiro atoms. The molecule has 2 nitrogen and oxygen atoms in total. The average molecular weight is 361 g/mol. The Morgan fingerprint density at radius 2 is 1.94 bits per heavy atom. The van der Waals surface area contributed by atoms with Crippen molar-refractivity contribution < 1.29 is 9.18 Å². The number of hydrogen-bond acceptors (Lipinski definition) is 1. The van der Waals surface area contributed by atoms with Crippen molar-refractivity contribution in [2.45, 2.75) is 26.7 Å². The number of nitrogens with zero attached hydrogens (tertiary/aromatic N) is 1. The highest BCUT2D eigenvalue weighted by Gasteiger charge is 2.29. The molecule has 0 aromatic heterocycles. The van der Waals surface area contributed by atoms with Gasteiger partial charge in [-0.2, -0.15) is 0 Å². The van der Waals surface area contributed by atoms with E-state index in [1.807, 2.05) is 22.6 Å². The Bertz CT molecular complexity index is 463. The third-order valence-corrected chi connectivity index (χ3v) is 4.42. The van der Waals surface area contributed by atoms with E-state index in [0.29, 0.717) is 8.99 Å². The van der Waals surface area contributed by atoms with Crippen LogP contribution in [0, 0.1) is 14.8 Å². The Morgan fingerprint density at radius 3 is 2.56 bits per heavy atom. The van der Waals surface area contributed by atoms with E-state index in [1.54, 1.807) is 23.1 Å². The molecule has 0 N–H and O–H groups in total. The van der Waals surface area contributed by atoms with Gasteiger partial charge < -0.3 is 4.90 Å². The fourth-order valence-electron chi connectivity index (χ4n) is 2.15. The summed E-state index contributed by atoms with van der Waals surface area (Å²) in [5, 5.41) is 0. The smallest absolute Gasteiger partial charge is 0.256 e. The lowest BCUT2D eigenvalue weighted by molar-refractivity contribution is 0.0625. The highest BCUT2D eigenvalue weighted by atomic mass is 127. The van der Waals surface area contributed by atoms with E-state index in [1.165, 1.54) is 0 Å². The van der Waals surface area contributed by atoms with Crippen molar-refractivity contribution in [3.8, 4) is 0 Å². The second kappa shape index (κ2) is 5.15. The summed E-state index contributed by atoms with van der Waals surface area (Å²) >= 11 is 1.91. The summed E-state index contributed by atoms with van der Waals surface area (Å²) in [4.78, 5) is 14.0. The van der Waals surface area contributed by atoms with Gasteiger partial charge in [0.2, 0.25) is 0 Å². The van der Waals surface area contributed by atoms with Gasteiger partial charge in [-0.3, -0.25) is 4.79 Å². The maximum Gasteiger partial charge on any atom is 0.256 e. The fraction of sp³-hybridized carbons (Fsp3) is 0.500. The molecule has 1 aromatic rings. The minimum Gasteiger partial charge on any atom is -0.339 e. The van der Waals surface area contributed by atoms with Gasteiger partial charge >= 0.3 is 0 Å². The molecule has 1 saturated heterocycles. The molecule has 0 atom stereocenters. The lowest BCUT2D eigenvalue weighted by atomic mass is 9.82. The molecule has 1 aliphatic heterocycles. The van der Waals surface area contributed by atoms with E-state index in [9.17, 15) is 9.18 Å². The highest BCUT2D eigenvalue weighted by molar-refractivity contribution is 14.1. The SMILES string of the molecule is CC1(C)CCN(C(=O)c2cccc(I)c2F)CC1. The number of carbonyl (C=O) groups excluding carboxylic acids is 1. The van der Waals surface area contributed by atoms with Crippen LogP contribution in [-0.2, 0) is 0 Å². The van der Waals surface area contributed by atoms with Crippen LogP contribution in [0.4, 0.5) is 4.39 Å². The molecule has 4 heteroatoms. The second-order valence-corrected chi connectivity index (χ2v) is 6.72. The van der Waals surface area contributed by atoms with Crippen LogP contribution < -0.4 is 0 Å². The van der Waals surface area contributed by atoms with Gasteiger partial charge in [-0.1, -0.05) is 19.9 Å². The Hall–Kier alpha value is -0.650. The minimum atomic E-state index is -0.395. The van der Waals surface area contributed by atoms with Crippen LogP contribution in [0.5, 0.6) is 0 Å². The monoisotopic (exact) mass is 361 g/mol. The van der Waals surface area contributed by atoms with Crippen molar-refractivity contribution in [2.24, 2.45) is 5.41 Å². The summed E-state index contributed by atoms with van der Waals surface area (Å²) in [5.41, 5.74) is 0.488. The first-order chi connectivity index (χ1) is 8.41. The van der Waals surface area contributed by atoms with Crippen LogP contribution in [0.15, 0.2) is 18.2 Å². The number of carbonyl (C=O) groups is 1. The van der Waals surface area contributed by atoms with Crippen LogP contribution in [0.2, 0.25) is 0 Å². The molecule has 1 amide bonds. The van der Waals surface area contributed by atoms with Crippen molar-refractivity contribution in [1.82, 2.24) is 4.90 Å². The third kappa shape index (κ3) is 2.84. The first kappa shape index (κ1) is 13.8. The molecule has 0 unspecified atom stereocenters. The van der Waals surface area contributed by atoms with Gasteiger partial charge in [0.25, 0.3) is 5.91 Å². The average Bonchev–Trinajstić information content (AvgIpc) is 2.32. The van der Waals surface area contributed by atoms with Crippen molar-refractivity contribution >= 4 is 28.5 Å². The Kier molecular flexibility index (Phi) is 3.94. The normalized spacial score (nSPS) is 18.8. The van der Waals surface area contributed by atoms with E-state index in [0.717, 1.165) is 25.9 Å². The maximum absolute atomic E-state index is 13.9. The topological polar surface area (TPSA) is 20.3 Å². The molecule has 1 aromatic carbocycles. The summed E-state index contributed by atoms with van der Waals surface area (Å²) in [5.74, 6) is -0.575. The van der Waals surface area contributed by atoms with Gasteiger partial charge in [-0.05, 0) is 53.0 Å². The summed E-state index contributed by atoms with van der Waals surface area (Å²) in [6, 6.07) is 4.97. The number of amides is 1. The molecule has 2 rings (SSSR count). The predicted molar refractivity (Wildman–Crippen MR) is 78.0 cm³/mol. The number of hydrogen-bond donors (Lipinski definition) is 0. The first-order valence-electron chi connectivity index (χ1n) is 6.14. The summed E-state index contributed by atoms with van der Waals surface area (Å²) in [7, 11) is 0. The van der Waals surface area contributed by atoms with Gasteiger partial charge in [-0.25, -0.2) is 4.39 Å². The fourth-order valence-corrected chi connectivity index (χ4v) is 2.65. The standard InChI is InChI=1S/C14H17FINO/c1-14(2)6-8-17(9-7-14)13(18)10-4-3-5-11(16)12(10)15/h3-5H,6-9H2,1-2H3. The molecular formula is C14H17FINO. The number of benzene rings is 1. The van der Waals surface area contributed by atoms with E-state index in [-0.39, 0.29) is 11.5 Å². The molecule has 98 valence electrons. The van der Waals surface area contributed by atoms with Crippen LogP contribution in [0.25, 0.3) is 0 Å². The van der Waals surface area contributed by atoms with Gasteiger partial charge in [0.05, 0.1) is 5.56 Å². The number of rotatable bonds is 1. The van der Waals surface area contributed by atoms with E-state index in [2.05, 4.69) is 13.8 Å².